The van der Waals surface area contributed by atoms with Gasteiger partial charge in [-0.1, -0.05) is 36.0 Å². The number of rotatable bonds is 1. The molecule has 1 aliphatic rings. The molecule has 2 aromatic rings. The maximum absolute atomic E-state index is 12.5. The molecule has 0 aliphatic carbocycles. The summed E-state index contributed by atoms with van der Waals surface area (Å²) in [6.45, 7) is 0. The molecule has 19 heavy (non-hydrogen) atoms. The highest BCUT2D eigenvalue weighted by Crippen LogP contribution is 2.46. The first kappa shape index (κ1) is 12.4. The van der Waals surface area contributed by atoms with Crippen LogP contribution in [0.2, 0.25) is 0 Å². The number of para-hydroxylation sites is 1. The second kappa shape index (κ2) is 4.49. The molecule has 0 amide bonds. The monoisotopic (exact) mass is 281 g/mol. The fourth-order valence-corrected chi connectivity index (χ4v) is 3.13. The standard InChI is InChI=1S/C14H10F3NS/c15-14(16,17)10-7-5-9(6-8-10)13-18-11-3-1-2-4-12(11)19-13/h1-8,13,18H. The van der Waals surface area contributed by atoms with Crippen LogP contribution in [0.25, 0.3) is 0 Å². The molecule has 0 spiro atoms. The first-order chi connectivity index (χ1) is 9.04. The van der Waals surface area contributed by atoms with Crippen molar-refractivity contribution >= 4 is 17.4 Å². The highest BCUT2D eigenvalue weighted by Gasteiger charge is 2.30. The summed E-state index contributed by atoms with van der Waals surface area (Å²) in [6, 6.07) is 13.1. The minimum Gasteiger partial charge on any atom is -0.368 e. The Labute approximate surface area is 112 Å². The van der Waals surface area contributed by atoms with Crippen LogP contribution in [0.1, 0.15) is 16.5 Å². The van der Waals surface area contributed by atoms with Crippen LogP contribution >= 0.6 is 11.8 Å². The van der Waals surface area contributed by atoms with Gasteiger partial charge in [-0.15, -0.1) is 0 Å². The highest BCUT2D eigenvalue weighted by molar-refractivity contribution is 8.00. The van der Waals surface area contributed by atoms with Gasteiger partial charge in [-0.25, -0.2) is 0 Å². The second-order valence-electron chi connectivity index (χ2n) is 4.26. The quantitative estimate of drug-likeness (QED) is 0.796. The molecule has 1 unspecified atom stereocenters. The van der Waals surface area contributed by atoms with Gasteiger partial charge in [0.05, 0.1) is 5.56 Å². The Morgan fingerprint density at radius 3 is 2.26 bits per heavy atom. The van der Waals surface area contributed by atoms with Gasteiger partial charge in [-0.3, -0.25) is 0 Å². The number of thioether (sulfide) groups is 1. The lowest BCUT2D eigenvalue weighted by Crippen LogP contribution is -2.06. The molecule has 1 aliphatic heterocycles. The Hall–Kier alpha value is -1.62. The van der Waals surface area contributed by atoms with E-state index in [2.05, 4.69) is 5.32 Å². The van der Waals surface area contributed by atoms with Crippen LogP contribution < -0.4 is 5.32 Å². The molecule has 98 valence electrons. The van der Waals surface area contributed by atoms with Gasteiger partial charge in [-0.2, -0.15) is 13.2 Å². The predicted octanol–water partition coefficient (Wildman–Crippen LogP) is 4.92. The zero-order chi connectivity index (χ0) is 13.5. The van der Waals surface area contributed by atoms with Gasteiger partial charge in [0.15, 0.2) is 0 Å². The smallest absolute Gasteiger partial charge is 0.368 e. The highest BCUT2D eigenvalue weighted by atomic mass is 32.2. The van der Waals surface area contributed by atoms with Crippen molar-refractivity contribution in [2.45, 2.75) is 16.4 Å². The third-order valence-electron chi connectivity index (χ3n) is 2.96. The van der Waals surface area contributed by atoms with Gasteiger partial charge in [0.1, 0.15) is 5.37 Å². The van der Waals surface area contributed by atoms with E-state index >= 15 is 0 Å². The Balaban J connectivity index is 1.82. The van der Waals surface area contributed by atoms with Crippen molar-refractivity contribution in [1.82, 2.24) is 0 Å². The lowest BCUT2D eigenvalue weighted by atomic mass is 10.1. The average molecular weight is 281 g/mol. The molecule has 5 heteroatoms. The van der Waals surface area contributed by atoms with Gasteiger partial charge in [-0.05, 0) is 29.8 Å². The second-order valence-corrected chi connectivity index (χ2v) is 5.41. The van der Waals surface area contributed by atoms with Gasteiger partial charge >= 0.3 is 6.18 Å². The molecule has 0 saturated carbocycles. The summed E-state index contributed by atoms with van der Waals surface area (Å²) in [4.78, 5) is 1.12. The van der Waals surface area contributed by atoms with Crippen LogP contribution in [-0.2, 0) is 6.18 Å². The van der Waals surface area contributed by atoms with Crippen molar-refractivity contribution in [1.29, 1.82) is 0 Å². The number of alkyl halides is 3. The molecule has 2 aromatic carbocycles. The zero-order valence-electron chi connectivity index (χ0n) is 9.74. The molecule has 1 nitrogen and oxygen atoms in total. The van der Waals surface area contributed by atoms with Crippen LogP contribution in [0.5, 0.6) is 0 Å². The van der Waals surface area contributed by atoms with Crippen LogP contribution in [-0.4, -0.2) is 0 Å². The van der Waals surface area contributed by atoms with E-state index in [1.54, 1.807) is 11.8 Å². The molecule has 0 radical (unpaired) electrons. The molecule has 1 N–H and O–H groups in total. The Morgan fingerprint density at radius 1 is 0.947 bits per heavy atom. The third kappa shape index (κ3) is 2.42. The van der Waals surface area contributed by atoms with Crippen molar-refractivity contribution in [3.05, 3.63) is 59.7 Å². The largest absolute Gasteiger partial charge is 0.416 e. The van der Waals surface area contributed by atoms with Crippen molar-refractivity contribution in [2.75, 3.05) is 5.32 Å². The van der Waals surface area contributed by atoms with Crippen molar-refractivity contribution in [3.8, 4) is 0 Å². The molecule has 3 rings (SSSR count). The third-order valence-corrected chi connectivity index (χ3v) is 4.19. The van der Waals surface area contributed by atoms with E-state index in [0.717, 1.165) is 28.3 Å². The Kier molecular flexibility index (Phi) is 2.93. The van der Waals surface area contributed by atoms with E-state index in [-0.39, 0.29) is 5.37 Å². The van der Waals surface area contributed by atoms with Crippen LogP contribution in [0, 0.1) is 0 Å². The van der Waals surface area contributed by atoms with Gasteiger partial charge in [0.25, 0.3) is 0 Å². The fourth-order valence-electron chi connectivity index (χ4n) is 1.98. The minimum absolute atomic E-state index is 0.0281. The number of fused-ring (bicyclic) bond motifs is 1. The Bertz CT molecular complexity index is 567. The number of hydrogen-bond donors (Lipinski definition) is 1. The predicted molar refractivity (Wildman–Crippen MR) is 70.1 cm³/mol. The molecule has 0 fully saturated rings. The maximum atomic E-state index is 12.5. The number of nitrogens with one attached hydrogen (secondary N) is 1. The van der Waals surface area contributed by atoms with E-state index in [1.807, 2.05) is 24.3 Å². The van der Waals surface area contributed by atoms with Gasteiger partial charge in [0, 0.05) is 10.6 Å². The molecule has 1 atom stereocenters. The number of hydrogen-bond acceptors (Lipinski definition) is 2. The number of halogens is 3. The van der Waals surface area contributed by atoms with E-state index in [9.17, 15) is 13.2 Å². The van der Waals surface area contributed by atoms with Crippen LogP contribution in [0.3, 0.4) is 0 Å². The van der Waals surface area contributed by atoms with E-state index < -0.39 is 11.7 Å². The van der Waals surface area contributed by atoms with Crippen LogP contribution in [0.4, 0.5) is 18.9 Å². The minimum atomic E-state index is -4.28. The summed E-state index contributed by atoms with van der Waals surface area (Å²) >= 11 is 1.61. The molecular weight excluding hydrogens is 271 g/mol. The molecule has 0 saturated heterocycles. The normalized spacial score (nSPS) is 17.9. The summed E-state index contributed by atoms with van der Waals surface area (Å²) in [5.74, 6) is 0. The number of benzene rings is 2. The summed E-state index contributed by atoms with van der Waals surface area (Å²) < 4.78 is 37.5. The Morgan fingerprint density at radius 2 is 1.63 bits per heavy atom. The summed E-state index contributed by atoms with van der Waals surface area (Å²) in [5.41, 5.74) is 1.25. The zero-order valence-corrected chi connectivity index (χ0v) is 10.6. The van der Waals surface area contributed by atoms with Crippen LogP contribution in [0.15, 0.2) is 53.4 Å². The van der Waals surface area contributed by atoms with Crippen molar-refractivity contribution in [3.63, 3.8) is 0 Å². The maximum Gasteiger partial charge on any atom is 0.416 e. The molecule has 0 aromatic heterocycles. The first-order valence-corrected chi connectivity index (χ1v) is 6.61. The summed E-state index contributed by atoms with van der Waals surface area (Å²) in [6.07, 6.45) is -4.28. The lowest BCUT2D eigenvalue weighted by Gasteiger charge is -2.12. The topological polar surface area (TPSA) is 12.0 Å². The molecule has 1 heterocycles. The molecular formula is C14H10F3NS. The summed E-state index contributed by atoms with van der Waals surface area (Å²) in [7, 11) is 0. The van der Waals surface area contributed by atoms with E-state index in [0.29, 0.717) is 0 Å². The van der Waals surface area contributed by atoms with Gasteiger partial charge in [0.2, 0.25) is 0 Å². The van der Waals surface area contributed by atoms with E-state index in [4.69, 9.17) is 0 Å². The van der Waals surface area contributed by atoms with Crippen molar-refractivity contribution in [2.24, 2.45) is 0 Å². The van der Waals surface area contributed by atoms with Crippen molar-refractivity contribution < 1.29 is 13.2 Å². The molecule has 0 bridgehead atoms. The first-order valence-electron chi connectivity index (χ1n) is 5.73. The summed E-state index contributed by atoms with van der Waals surface area (Å²) in [5, 5.41) is 3.26. The van der Waals surface area contributed by atoms with E-state index in [1.165, 1.54) is 12.1 Å². The lowest BCUT2D eigenvalue weighted by molar-refractivity contribution is -0.137. The average Bonchev–Trinajstić information content (AvgIpc) is 2.81. The SMILES string of the molecule is FC(F)(F)c1ccc(C2Nc3ccccc3S2)cc1. The fraction of sp³-hybridized carbons (Fsp3) is 0.143. The number of anilines is 1. The van der Waals surface area contributed by atoms with Gasteiger partial charge < -0.3 is 5.32 Å².